The van der Waals surface area contributed by atoms with Crippen molar-refractivity contribution in [2.24, 2.45) is 0 Å². The molecule has 1 amide bonds. The standard InChI is InChI=1S/C15H21FN2O4S/c1-23(20,21)18-9-6-13(7-10-18)17-15(19)8-11-22-14-4-2-12(16)3-5-14/h2-5,13H,6-11H2,1H3,(H,17,19). The number of nitrogens with zero attached hydrogens (tertiary/aromatic N) is 1. The molecule has 1 aromatic carbocycles. The van der Waals surface area contributed by atoms with Gasteiger partial charge in [-0.3, -0.25) is 4.79 Å². The first kappa shape index (κ1) is 17.7. The molecule has 0 saturated carbocycles. The average Bonchev–Trinajstić information content (AvgIpc) is 2.49. The lowest BCUT2D eigenvalue weighted by atomic mass is 10.1. The van der Waals surface area contributed by atoms with Gasteiger partial charge in [-0.05, 0) is 37.1 Å². The highest BCUT2D eigenvalue weighted by molar-refractivity contribution is 7.88. The zero-order valence-electron chi connectivity index (χ0n) is 13.0. The van der Waals surface area contributed by atoms with Crippen LogP contribution in [0.15, 0.2) is 24.3 Å². The monoisotopic (exact) mass is 344 g/mol. The summed E-state index contributed by atoms with van der Waals surface area (Å²) in [7, 11) is -3.15. The van der Waals surface area contributed by atoms with Crippen LogP contribution in [0.2, 0.25) is 0 Å². The minimum absolute atomic E-state index is 0.00804. The number of nitrogens with one attached hydrogen (secondary N) is 1. The molecule has 1 saturated heterocycles. The SMILES string of the molecule is CS(=O)(=O)N1CCC(NC(=O)CCOc2ccc(F)cc2)CC1. The highest BCUT2D eigenvalue weighted by atomic mass is 32.2. The van der Waals surface area contributed by atoms with E-state index in [1.807, 2.05) is 0 Å². The summed E-state index contributed by atoms with van der Waals surface area (Å²) in [5.41, 5.74) is 0. The van der Waals surface area contributed by atoms with Gasteiger partial charge in [0.25, 0.3) is 0 Å². The molecule has 1 aliphatic heterocycles. The van der Waals surface area contributed by atoms with Crippen LogP contribution in [0.25, 0.3) is 0 Å². The van der Waals surface area contributed by atoms with Crippen molar-refractivity contribution in [1.29, 1.82) is 0 Å². The summed E-state index contributed by atoms with van der Waals surface area (Å²) >= 11 is 0. The molecular weight excluding hydrogens is 323 g/mol. The molecule has 1 N–H and O–H groups in total. The molecule has 0 bridgehead atoms. The predicted molar refractivity (Wildman–Crippen MR) is 84.1 cm³/mol. The third kappa shape index (κ3) is 5.80. The average molecular weight is 344 g/mol. The van der Waals surface area contributed by atoms with Crippen LogP contribution in [-0.4, -0.2) is 50.6 Å². The maximum absolute atomic E-state index is 12.7. The second-order valence-corrected chi connectivity index (χ2v) is 7.54. The number of piperidine rings is 1. The molecule has 0 atom stereocenters. The van der Waals surface area contributed by atoms with Crippen LogP contribution >= 0.6 is 0 Å². The highest BCUT2D eigenvalue weighted by Crippen LogP contribution is 2.14. The van der Waals surface area contributed by atoms with E-state index in [4.69, 9.17) is 4.74 Å². The fraction of sp³-hybridized carbons (Fsp3) is 0.533. The number of halogens is 1. The fourth-order valence-electron chi connectivity index (χ4n) is 2.42. The quantitative estimate of drug-likeness (QED) is 0.839. The zero-order chi connectivity index (χ0) is 16.9. The Labute approximate surface area is 135 Å². The second-order valence-electron chi connectivity index (χ2n) is 5.56. The van der Waals surface area contributed by atoms with Crippen LogP contribution in [0, 0.1) is 5.82 Å². The molecule has 1 fully saturated rings. The molecule has 0 aliphatic carbocycles. The molecule has 6 nitrogen and oxygen atoms in total. The van der Waals surface area contributed by atoms with Gasteiger partial charge in [-0.25, -0.2) is 17.1 Å². The predicted octanol–water partition coefficient (Wildman–Crippen LogP) is 1.13. The lowest BCUT2D eigenvalue weighted by Gasteiger charge is -2.30. The number of amides is 1. The van der Waals surface area contributed by atoms with Crippen molar-refractivity contribution in [3.05, 3.63) is 30.1 Å². The highest BCUT2D eigenvalue weighted by Gasteiger charge is 2.25. The van der Waals surface area contributed by atoms with Gasteiger partial charge < -0.3 is 10.1 Å². The lowest BCUT2D eigenvalue weighted by Crippen LogP contribution is -2.46. The van der Waals surface area contributed by atoms with E-state index in [1.54, 1.807) is 0 Å². The van der Waals surface area contributed by atoms with Crippen LogP contribution in [0.1, 0.15) is 19.3 Å². The molecule has 1 aromatic rings. The summed E-state index contributed by atoms with van der Waals surface area (Å²) in [5, 5.41) is 2.89. The van der Waals surface area contributed by atoms with Gasteiger partial charge in [0.2, 0.25) is 15.9 Å². The van der Waals surface area contributed by atoms with Crippen LogP contribution in [0.5, 0.6) is 5.75 Å². The summed E-state index contributed by atoms with van der Waals surface area (Å²) in [5.74, 6) is 0.0427. The number of sulfonamides is 1. The zero-order valence-corrected chi connectivity index (χ0v) is 13.8. The summed E-state index contributed by atoms with van der Waals surface area (Å²) in [4.78, 5) is 11.9. The van der Waals surface area contributed by atoms with Crippen molar-refractivity contribution in [1.82, 2.24) is 9.62 Å². The van der Waals surface area contributed by atoms with Crippen molar-refractivity contribution in [2.45, 2.75) is 25.3 Å². The Morgan fingerprint density at radius 3 is 2.48 bits per heavy atom. The van der Waals surface area contributed by atoms with Crippen molar-refractivity contribution < 1.29 is 22.3 Å². The van der Waals surface area contributed by atoms with Gasteiger partial charge in [0.1, 0.15) is 11.6 Å². The number of carbonyl (C=O) groups is 1. The molecule has 0 spiro atoms. The largest absolute Gasteiger partial charge is 0.493 e. The van der Waals surface area contributed by atoms with Crippen LogP contribution in [0.4, 0.5) is 4.39 Å². The molecule has 0 aromatic heterocycles. The van der Waals surface area contributed by atoms with Crippen molar-refractivity contribution >= 4 is 15.9 Å². The third-order valence-corrected chi connectivity index (χ3v) is 5.00. The Bertz CT molecular complexity index is 625. The maximum atomic E-state index is 12.7. The molecule has 128 valence electrons. The smallest absolute Gasteiger partial charge is 0.223 e. The molecule has 1 aliphatic rings. The van der Waals surface area contributed by atoms with E-state index in [1.165, 1.54) is 34.8 Å². The molecule has 0 unspecified atom stereocenters. The van der Waals surface area contributed by atoms with Gasteiger partial charge in [-0.15, -0.1) is 0 Å². The van der Waals surface area contributed by atoms with Crippen LogP contribution < -0.4 is 10.1 Å². The van der Waals surface area contributed by atoms with E-state index in [-0.39, 0.29) is 30.8 Å². The fourth-order valence-corrected chi connectivity index (χ4v) is 3.30. The maximum Gasteiger partial charge on any atom is 0.223 e. The van der Waals surface area contributed by atoms with Crippen LogP contribution in [0.3, 0.4) is 0 Å². The Morgan fingerprint density at radius 1 is 1.30 bits per heavy atom. The van der Waals surface area contributed by atoms with E-state index in [9.17, 15) is 17.6 Å². The van der Waals surface area contributed by atoms with Gasteiger partial charge in [-0.1, -0.05) is 0 Å². The summed E-state index contributed by atoms with van der Waals surface area (Å²) < 4.78 is 42.4. The summed E-state index contributed by atoms with van der Waals surface area (Å²) in [6.45, 7) is 1.06. The normalized spacial score (nSPS) is 17.0. The number of hydrogen-bond donors (Lipinski definition) is 1. The minimum Gasteiger partial charge on any atom is -0.493 e. The lowest BCUT2D eigenvalue weighted by molar-refractivity contribution is -0.122. The second kappa shape index (κ2) is 7.74. The minimum atomic E-state index is -3.15. The van der Waals surface area contributed by atoms with Gasteiger partial charge in [-0.2, -0.15) is 0 Å². The van der Waals surface area contributed by atoms with E-state index in [0.717, 1.165) is 0 Å². The van der Waals surface area contributed by atoms with E-state index < -0.39 is 10.0 Å². The Balaban J connectivity index is 1.66. The number of hydrogen-bond acceptors (Lipinski definition) is 4. The van der Waals surface area contributed by atoms with Gasteiger partial charge in [0.15, 0.2) is 0 Å². The Kier molecular flexibility index (Phi) is 5.95. The first-order valence-corrected chi connectivity index (χ1v) is 9.32. The Hall–Kier alpha value is -1.67. The van der Waals surface area contributed by atoms with Crippen LogP contribution in [-0.2, 0) is 14.8 Å². The third-order valence-electron chi connectivity index (χ3n) is 3.70. The molecule has 0 radical (unpaired) electrons. The van der Waals surface area contributed by atoms with Crippen molar-refractivity contribution in [3.63, 3.8) is 0 Å². The van der Waals surface area contributed by atoms with E-state index in [2.05, 4.69) is 5.32 Å². The van der Waals surface area contributed by atoms with Gasteiger partial charge >= 0.3 is 0 Å². The summed E-state index contributed by atoms with van der Waals surface area (Å²) in [6.07, 6.45) is 2.61. The summed E-state index contributed by atoms with van der Waals surface area (Å²) in [6, 6.07) is 5.60. The van der Waals surface area contributed by atoms with Crippen molar-refractivity contribution in [3.8, 4) is 5.75 Å². The van der Waals surface area contributed by atoms with E-state index in [0.29, 0.717) is 31.7 Å². The number of ether oxygens (including phenoxy) is 1. The van der Waals surface area contributed by atoms with Gasteiger partial charge in [0, 0.05) is 19.1 Å². The number of benzene rings is 1. The number of rotatable bonds is 6. The topological polar surface area (TPSA) is 75.7 Å². The number of carbonyl (C=O) groups excluding carboxylic acids is 1. The molecule has 1 heterocycles. The first-order valence-electron chi connectivity index (χ1n) is 7.47. The molecule has 23 heavy (non-hydrogen) atoms. The van der Waals surface area contributed by atoms with E-state index >= 15 is 0 Å². The molecule has 8 heteroatoms. The Morgan fingerprint density at radius 2 is 1.91 bits per heavy atom. The molecule has 2 rings (SSSR count). The molecular formula is C15H21FN2O4S. The van der Waals surface area contributed by atoms with Crippen molar-refractivity contribution in [2.75, 3.05) is 26.0 Å². The van der Waals surface area contributed by atoms with Gasteiger partial charge in [0.05, 0.1) is 19.3 Å². The first-order chi connectivity index (χ1) is 10.8.